The summed E-state index contributed by atoms with van der Waals surface area (Å²) in [6.45, 7) is 4.25. The van der Waals surface area contributed by atoms with Gasteiger partial charge in [-0.1, -0.05) is 10.3 Å². The minimum Gasteiger partial charge on any atom is -0.478 e. The van der Waals surface area contributed by atoms with Gasteiger partial charge in [0.25, 0.3) is 11.8 Å². The van der Waals surface area contributed by atoms with Gasteiger partial charge in [-0.25, -0.2) is 9.59 Å². The Balaban J connectivity index is 1.36. The van der Waals surface area contributed by atoms with E-state index in [-0.39, 0.29) is 29.4 Å². The highest BCUT2D eigenvalue weighted by molar-refractivity contribution is 8.00. The lowest BCUT2D eigenvalue weighted by Crippen LogP contribution is -2.71. The van der Waals surface area contributed by atoms with Crippen molar-refractivity contribution in [3.63, 3.8) is 0 Å². The van der Waals surface area contributed by atoms with Crippen LogP contribution in [0.2, 0.25) is 0 Å². The lowest BCUT2D eigenvalue weighted by Gasteiger charge is -2.49. The summed E-state index contributed by atoms with van der Waals surface area (Å²) in [6.07, 6.45) is 1.77. The highest BCUT2D eigenvalue weighted by Gasteiger charge is 2.54. The van der Waals surface area contributed by atoms with Gasteiger partial charge in [-0.05, 0) is 38.5 Å². The summed E-state index contributed by atoms with van der Waals surface area (Å²) < 4.78 is 10.3. The number of β-lactam (4-membered cyclic amide) rings is 1. The average Bonchev–Trinajstić information content (AvgIpc) is 3.50. The molecule has 0 spiro atoms. The van der Waals surface area contributed by atoms with Gasteiger partial charge in [0.1, 0.15) is 28.6 Å². The molecule has 0 aromatic carbocycles. The maximum Gasteiger partial charge on any atom is 0.352 e. The molecule has 1 saturated heterocycles. The number of amides is 2. The fourth-order valence-corrected chi connectivity index (χ4v) is 5.62. The number of hydrogen-bond donors (Lipinski definition) is 4. The lowest BCUT2D eigenvalue weighted by atomic mass is 10.00. The summed E-state index contributed by atoms with van der Waals surface area (Å²) in [6, 6.07) is 3.73. The predicted molar refractivity (Wildman–Crippen MR) is 142 cm³/mol. The van der Waals surface area contributed by atoms with Crippen LogP contribution in [0.1, 0.15) is 31.0 Å². The third-order valence-corrected chi connectivity index (χ3v) is 7.72. The number of hydrogen-bond acceptors (Lipinski definition) is 12. The molecule has 15 nitrogen and oxygen atoms in total. The molecule has 5 N–H and O–H groups in total. The van der Waals surface area contributed by atoms with E-state index in [9.17, 15) is 29.4 Å². The molecule has 0 saturated carbocycles. The molecule has 5 rings (SSSR count). The number of aliphatic carboxylic acids is 2. The number of furan rings is 1. The zero-order valence-corrected chi connectivity index (χ0v) is 22.7. The Morgan fingerprint density at radius 3 is 2.71 bits per heavy atom. The van der Waals surface area contributed by atoms with Crippen LogP contribution in [0.15, 0.2) is 49.8 Å². The molecule has 2 aliphatic heterocycles. The Morgan fingerprint density at radius 1 is 1.29 bits per heavy atom. The topological polar surface area (TPSA) is 224 Å². The van der Waals surface area contributed by atoms with Crippen LogP contribution in [0.5, 0.6) is 0 Å². The first kappa shape index (κ1) is 27.7. The van der Waals surface area contributed by atoms with Gasteiger partial charge in [-0.15, -0.1) is 11.8 Å². The third-order valence-electron chi connectivity index (χ3n) is 6.38. The first-order valence-electron chi connectivity index (χ1n) is 12.1. The third kappa shape index (κ3) is 5.20. The second kappa shape index (κ2) is 10.3. The van der Waals surface area contributed by atoms with Gasteiger partial charge in [-0.3, -0.25) is 19.5 Å². The molecule has 2 aliphatic rings. The van der Waals surface area contributed by atoms with Crippen molar-refractivity contribution in [3.8, 4) is 0 Å². The standard InChI is InChI=1S/C25H24N6O9S/c1-10-4-11-5-13(27-8-15(11)38-10)6-12-9-41-22-18(21(33)31(22)19(12)23(34)35)28-20(32)17(14-7-16(26)39-29-14)30-40-25(2,3)24(36)37/h4-5,7-8,18,22H,6,9,26H2,1-3H3,(H,28,32)(H,34,35)(H,36,37)/t18?,22-/m0/s1. The zero-order valence-electron chi connectivity index (χ0n) is 21.9. The predicted octanol–water partition coefficient (Wildman–Crippen LogP) is 1.27. The molecular formula is C25H24N6O9S. The highest BCUT2D eigenvalue weighted by Crippen LogP contribution is 2.41. The second-order valence-electron chi connectivity index (χ2n) is 9.83. The Labute approximate surface area is 235 Å². The summed E-state index contributed by atoms with van der Waals surface area (Å²) in [5.41, 5.74) is 4.66. The van der Waals surface area contributed by atoms with Crippen molar-refractivity contribution in [1.29, 1.82) is 0 Å². The number of carboxylic acid groups (broad SMARTS) is 2. The summed E-state index contributed by atoms with van der Waals surface area (Å²) in [5, 5.41) is 29.2. The number of oxime groups is 1. The van der Waals surface area contributed by atoms with Crippen molar-refractivity contribution in [1.82, 2.24) is 20.4 Å². The quantitative estimate of drug-likeness (QED) is 0.158. The number of nitrogens with zero attached hydrogens (tertiary/aromatic N) is 4. The summed E-state index contributed by atoms with van der Waals surface area (Å²) in [7, 11) is 0. The lowest BCUT2D eigenvalue weighted by molar-refractivity contribution is -0.161. The van der Waals surface area contributed by atoms with Gasteiger partial charge >= 0.3 is 11.9 Å². The number of carbonyl (C=O) groups is 4. The molecule has 0 aliphatic carbocycles. The molecule has 1 fully saturated rings. The molecule has 214 valence electrons. The largest absolute Gasteiger partial charge is 0.478 e. The van der Waals surface area contributed by atoms with Crippen molar-refractivity contribution >= 4 is 58.1 Å². The van der Waals surface area contributed by atoms with E-state index in [1.165, 1.54) is 31.7 Å². The number of carbonyl (C=O) groups excluding carboxylic acids is 2. The Morgan fingerprint density at radius 2 is 2.05 bits per heavy atom. The van der Waals surface area contributed by atoms with E-state index in [1.807, 2.05) is 13.0 Å². The van der Waals surface area contributed by atoms with Crippen LogP contribution >= 0.6 is 11.8 Å². The molecule has 41 heavy (non-hydrogen) atoms. The number of aryl methyl sites for hydroxylation is 1. The number of nitrogen functional groups attached to an aromatic ring is 1. The molecule has 3 aromatic rings. The first-order chi connectivity index (χ1) is 19.4. The summed E-state index contributed by atoms with van der Waals surface area (Å²) >= 11 is 1.28. The Kier molecular flexibility index (Phi) is 6.94. The van der Waals surface area contributed by atoms with Gasteiger partial charge in [0.05, 0.1) is 6.20 Å². The monoisotopic (exact) mass is 584 g/mol. The minimum absolute atomic E-state index is 0.146. The van der Waals surface area contributed by atoms with Gasteiger partial charge < -0.3 is 35.0 Å². The van der Waals surface area contributed by atoms with Crippen molar-refractivity contribution in [3.05, 3.63) is 52.8 Å². The maximum absolute atomic E-state index is 13.2. The Hall–Kier alpha value is -4.86. The number of aromatic nitrogens is 2. The van der Waals surface area contributed by atoms with Crippen LogP contribution in [0.25, 0.3) is 11.0 Å². The molecule has 2 amide bonds. The smallest absolute Gasteiger partial charge is 0.352 e. The fraction of sp³-hybridized carbons (Fsp3) is 0.320. The highest BCUT2D eigenvalue weighted by atomic mass is 32.2. The SMILES string of the molecule is Cc1cc2cc(CC3=C(C(=O)O)N4C(=O)C(NC(=O)C(=NOC(C)(C)C(=O)O)c5cc(N)on5)[C@@H]4SC3)ncc2o1. The average molecular weight is 585 g/mol. The maximum atomic E-state index is 13.2. The van der Waals surface area contributed by atoms with E-state index in [4.69, 9.17) is 19.5 Å². The second-order valence-corrected chi connectivity index (χ2v) is 10.9. The molecule has 5 heterocycles. The number of carboxylic acids is 2. The van der Waals surface area contributed by atoms with Gasteiger partial charge in [0.2, 0.25) is 11.5 Å². The van der Waals surface area contributed by atoms with Crippen LogP contribution in [0.3, 0.4) is 0 Å². The van der Waals surface area contributed by atoms with E-state index in [0.29, 0.717) is 16.9 Å². The van der Waals surface area contributed by atoms with Crippen molar-refractivity contribution in [2.75, 3.05) is 11.5 Å². The number of fused-ring (bicyclic) bond motifs is 2. The van der Waals surface area contributed by atoms with Crippen LogP contribution < -0.4 is 11.1 Å². The van der Waals surface area contributed by atoms with E-state index in [1.54, 1.807) is 12.3 Å². The number of thioether (sulfide) groups is 1. The Bertz CT molecular complexity index is 1660. The number of anilines is 1. The van der Waals surface area contributed by atoms with E-state index in [2.05, 4.69) is 20.6 Å². The minimum atomic E-state index is -1.80. The van der Waals surface area contributed by atoms with Crippen LogP contribution in [0.4, 0.5) is 5.88 Å². The molecular weight excluding hydrogens is 560 g/mol. The molecule has 2 atom stereocenters. The number of rotatable bonds is 9. The number of nitrogens with one attached hydrogen (secondary N) is 1. The van der Waals surface area contributed by atoms with Crippen molar-refractivity contribution in [2.45, 2.75) is 44.2 Å². The first-order valence-corrected chi connectivity index (χ1v) is 13.2. The van der Waals surface area contributed by atoms with Crippen molar-refractivity contribution in [2.24, 2.45) is 5.16 Å². The number of pyridine rings is 1. The zero-order chi connectivity index (χ0) is 29.6. The van der Waals surface area contributed by atoms with Gasteiger partial charge in [-0.2, -0.15) is 0 Å². The fourth-order valence-electron chi connectivity index (χ4n) is 4.27. The molecule has 3 aromatic heterocycles. The summed E-state index contributed by atoms with van der Waals surface area (Å²) in [5.74, 6) is -3.37. The number of nitrogens with two attached hydrogens (primary N) is 1. The molecule has 16 heteroatoms. The van der Waals surface area contributed by atoms with E-state index >= 15 is 0 Å². The van der Waals surface area contributed by atoms with Gasteiger partial charge in [0, 0.05) is 29.3 Å². The van der Waals surface area contributed by atoms with Gasteiger partial charge in [0.15, 0.2) is 11.3 Å². The van der Waals surface area contributed by atoms with E-state index < -0.39 is 46.5 Å². The van der Waals surface area contributed by atoms with Crippen LogP contribution in [-0.2, 0) is 30.4 Å². The van der Waals surface area contributed by atoms with Crippen molar-refractivity contribution < 1.29 is 43.2 Å². The van der Waals surface area contributed by atoms with Crippen LogP contribution in [-0.4, -0.2) is 77.5 Å². The van der Waals surface area contributed by atoms with Crippen LogP contribution in [0, 0.1) is 6.92 Å². The molecule has 1 unspecified atom stereocenters. The molecule has 0 bridgehead atoms. The normalized spacial score (nSPS) is 19.1. The summed E-state index contributed by atoms with van der Waals surface area (Å²) in [4.78, 5) is 60.6. The van der Waals surface area contributed by atoms with E-state index in [0.717, 1.165) is 16.0 Å². The molecule has 0 radical (unpaired) electrons.